The van der Waals surface area contributed by atoms with Crippen LogP contribution in [0.2, 0.25) is 0 Å². The molecule has 1 fully saturated rings. The molecule has 0 bridgehead atoms. The SMILES string of the molecule is CCNc1cc(C)nc(N2CCN(C(=O)c3cc(=O)c4ccccc4o3)CC2)n1. The first-order valence-electron chi connectivity index (χ1n) is 9.72. The highest BCUT2D eigenvalue weighted by Crippen LogP contribution is 2.18. The molecule has 2 aromatic heterocycles. The van der Waals surface area contributed by atoms with Crippen molar-refractivity contribution in [2.45, 2.75) is 13.8 Å². The van der Waals surface area contributed by atoms with Crippen LogP contribution in [0.15, 0.2) is 45.6 Å². The molecule has 0 unspecified atom stereocenters. The maximum atomic E-state index is 12.9. The van der Waals surface area contributed by atoms with Gasteiger partial charge in [-0.3, -0.25) is 9.59 Å². The molecule has 3 heterocycles. The molecule has 1 saturated heterocycles. The average Bonchev–Trinajstić information content (AvgIpc) is 2.73. The predicted molar refractivity (Wildman–Crippen MR) is 112 cm³/mol. The lowest BCUT2D eigenvalue weighted by molar-refractivity contribution is 0.0714. The van der Waals surface area contributed by atoms with E-state index in [-0.39, 0.29) is 17.1 Å². The lowest BCUT2D eigenvalue weighted by atomic mass is 10.2. The molecule has 8 heteroatoms. The Morgan fingerprint density at radius 1 is 1.14 bits per heavy atom. The van der Waals surface area contributed by atoms with Crippen molar-refractivity contribution in [3.63, 3.8) is 0 Å². The largest absolute Gasteiger partial charge is 0.451 e. The van der Waals surface area contributed by atoms with Crippen molar-refractivity contribution in [2.75, 3.05) is 42.9 Å². The number of nitrogens with zero attached hydrogens (tertiary/aromatic N) is 4. The first kappa shape index (κ1) is 18.9. The van der Waals surface area contributed by atoms with Gasteiger partial charge in [-0.2, -0.15) is 4.98 Å². The standard InChI is InChI=1S/C21H23N5O3/c1-3-22-19-12-14(2)23-21(24-19)26-10-8-25(9-11-26)20(28)18-13-16(27)15-6-4-5-7-17(15)29-18/h4-7,12-13H,3,8-11H2,1-2H3,(H,22,23,24). The van der Waals surface area contributed by atoms with Gasteiger partial charge in [-0.25, -0.2) is 4.98 Å². The summed E-state index contributed by atoms with van der Waals surface area (Å²) < 4.78 is 5.69. The molecule has 0 atom stereocenters. The number of anilines is 2. The molecular weight excluding hydrogens is 370 g/mol. The molecule has 150 valence electrons. The van der Waals surface area contributed by atoms with Crippen molar-refractivity contribution in [2.24, 2.45) is 0 Å². The summed E-state index contributed by atoms with van der Waals surface area (Å²) in [4.78, 5) is 38.0. The van der Waals surface area contributed by atoms with E-state index < -0.39 is 0 Å². The second-order valence-electron chi connectivity index (χ2n) is 6.98. The summed E-state index contributed by atoms with van der Waals surface area (Å²) in [7, 11) is 0. The lowest BCUT2D eigenvalue weighted by Crippen LogP contribution is -2.49. The van der Waals surface area contributed by atoms with Gasteiger partial charge < -0.3 is 19.5 Å². The van der Waals surface area contributed by atoms with Gasteiger partial charge in [0.25, 0.3) is 5.91 Å². The fourth-order valence-corrected chi connectivity index (χ4v) is 3.44. The highest BCUT2D eigenvalue weighted by Gasteiger charge is 2.25. The zero-order valence-electron chi connectivity index (χ0n) is 16.5. The van der Waals surface area contributed by atoms with E-state index in [2.05, 4.69) is 20.2 Å². The van der Waals surface area contributed by atoms with Crippen LogP contribution in [0, 0.1) is 6.92 Å². The number of carbonyl (C=O) groups is 1. The number of fused-ring (bicyclic) bond motifs is 1. The van der Waals surface area contributed by atoms with E-state index in [9.17, 15) is 9.59 Å². The first-order valence-corrected chi connectivity index (χ1v) is 9.72. The number of rotatable bonds is 4. The summed E-state index contributed by atoms with van der Waals surface area (Å²) in [5.41, 5.74) is 1.10. The minimum Gasteiger partial charge on any atom is -0.451 e. The lowest BCUT2D eigenvalue weighted by Gasteiger charge is -2.34. The van der Waals surface area contributed by atoms with Crippen molar-refractivity contribution in [3.05, 3.63) is 58.1 Å². The monoisotopic (exact) mass is 393 g/mol. The fourth-order valence-electron chi connectivity index (χ4n) is 3.44. The molecule has 1 aromatic carbocycles. The highest BCUT2D eigenvalue weighted by molar-refractivity contribution is 5.93. The Labute approximate surface area is 168 Å². The Kier molecular flexibility index (Phi) is 5.16. The summed E-state index contributed by atoms with van der Waals surface area (Å²) in [5, 5.41) is 3.69. The molecule has 4 rings (SSSR count). The molecule has 3 aromatic rings. The van der Waals surface area contributed by atoms with Gasteiger partial charge in [0.15, 0.2) is 11.2 Å². The smallest absolute Gasteiger partial charge is 0.289 e. The molecule has 0 saturated carbocycles. The van der Waals surface area contributed by atoms with Crippen LogP contribution >= 0.6 is 0 Å². The van der Waals surface area contributed by atoms with Crippen LogP contribution in [0.1, 0.15) is 23.2 Å². The molecule has 0 aliphatic carbocycles. The van der Waals surface area contributed by atoms with E-state index in [1.807, 2.05) is 19.9 Å². The van der Waals surface area contributed by atoms with E-state index in [1.165, 1.54) is 6.07 Å². The molecule has 0 spiro atoms. The van der Waals surface area contributed by atoms with Crippen molar-refractivity contribution in [1.82, 2.24) is 14.9 Å². The first-order chi connectivity index (χ1) is 14.0. The molecule has 1 amide bonds. The summed E-state index contributed by atoms with van der Waals surface area (Å²) in [6.07, 6.45) is 0. The maximum Gasteiger partial charge on any atom is 0.289 e. The highest BCUT2D eigenvalue weighted by atomic mass is 16.3. The molecule has 0 radical (unpaired) electrons. The molecule has 1 aliphatic heterocycles. The number of aryl methyl sites for hydroxylation is 1. The number of piperazine rings is 1. The van der Waals surface area contributed by atoms with Gasteiger partial charge in [-0.15, -0.1) is 0 Å². The van der Waals surface area contributed by atoms with E-state index in [1.54, 1.807) is 29.2 Å². The Bertz CT molecular complexity index is 1100. The van der Waals surface area contributed by atoms with Crippen LogP contribution in [-0.4, -0.2) is 53.5 Å². The van der Waals surface area contributed by atoms with Gasteiger partial charge in [-0.1, -0.05) is 12.1 Å². The minimum atomic E-state index is -0.272. The number of amides is 1. The third-order valence-electron chi connectivity index (χ3n) is 4.90. The van der Waals surface area contributed by atoms with Crippen LogP contribution < -0.4 is 15.6 Å². The molecule has 8 nitrogen and oxygen atoms in total. The van der Waals surface area contributed by atoms with E-state index >= 15 is 0 Å². The van der Waals surface area contributed by atoms with Gasteiger partial charge >= 0.3 is 0 Å². The number of carbonyl (C=O) groups excluding carboxylic acids is 1. The van der Waals surface area contributed by atoms with Crippen LogP contribution in [0.4, 0.5) is 11.8 Å². The zero-order valence-corrected chi connectivity index (χ0v) is 16.5. The molecular formula is C21H23N5O3. The van der Waals surface area contributed by atoms with Crippen LogP contribution in [0.3, 0.4) is 0 Å². The maximum absolute atomic E-state index is 12.9. The van der Waals surface area contributed by atoms with Crippen LogP contribution in [0.25, 0.3) is 11.0 Å². The van der Waals surface area contributed by atoms with Gasteiger partial charge in [-0.05, 0) is 26.0 Å². The van der Waals surface area contributed by atoms with Gasteiger partial charge in [0.2, 0.25) is 5.95 Å². The Morgan fingerprint density at radius 3 is 2.66 bits per heavy atom. The Hall–Kier alpha value is -3.42. The number of para-hydroxylation sites is 1. The second-order valence-corrected chi connectivity index (χ2v) is 6.98. The van der Waals surface area contributed by atoms with E-state index in [0.29, 0.717) is 43.1 Å². The van der Waals surface area contributed by atoms with Crippen LogP contribution in [0.5, 0.6) is 0 Å². The van der Waals surface area contributed by atoms with E-state index in [4.69, 9.17) is 4.42 Å². The predicted octanol–water partition coefficient (Wildman–Crippen LogP) is 2.29. The number of aromatic nitrogens is 2. The van der Waals surface area contributed by atoms with Gasteiger partial charge in [0, 0.05) is 50.6 Å². The number of nitrogens with one attached hydrogen (secondary N) is 1. The Balaban J connectivity index is 1.49. The summed E-state index contributed by atoms with van der Waals surface area (Å²) >= 11 is 0. The summed E-state index contributed by atoms with van der Waals surface area (Å²) in [6, 6.07) is 10.1. The van der Waals surface area contributed by atoms with Crippen molar-refractivity contribution < 1.29 is 9.21 Å². The molecule has 1 aliphatic rings. The quantitative estimate of drug-likeness (QED) is 0.727. The fraction of sp³-hybridized carbons (Fsp3) is 0.333. The van der Waals surface area contributed by atoms with Crippen molar-refractivity contribution >= 4 is 28.6 Å². The van der Waals surface area contributed by atoms with Crippen molar-refractivity contribution in [3.8, 4) is 0 Å². The number of benzene rings is 1. The number of hydrogen-bond donors (Lipinski definition) is 1. The normalized spacial score (nSPS) is 14.3. The Morgan fingerprint density at radius 2 is 1.90 bits per heavy atom. The second kappa shape index (κ2) is 7.90. The molecule has 29 heavy (non-hydrogen) atoms. The van der Waals surface area contributed by atoms with Crippen LogP contribution in [-0.2, 0) is 0 Å². The third-order valence-corrected chi connectivity index (χ3v) is 4.90. The minimum absolute atomic E-state index is 0.0726. The van der Waals surface area contributed by atoms with Gasteiger partial charge in [0.1, 0.15) is 11.4 Å². The zero-order chi connectivity index (χ0) is 20.4. The third kappa shape index (κ3) is 3.91. The summed E-state index contributed by atoms with van der Waals surface area (Å²) in [6.45, 7) is 6.97. The average molecular weight is 393 g/mol. The summed E-state index contributed by atoms with van der Waals surface area (Å²) in [5.74, 6) is 1.26. The van der Waals surface area contributed by atoms with Crippen molar-refractivity contribution in [1.29, 1.82) is 0 Å². The van der Waals surface area contributed by atoms with E-state index in [0.717, 1.165) is 18.1 Å². The number of hydrogen-bond acceptors (Lipinski definition) is 7. The molecule has 1 N–H and O–H groups in total. The van der Waals surface area contributed by atoms with Gasteiger partial charge in [0.05, 0.1) is 5.39 Å². The topological polar surface area (TPSA) is 91.6 Å².